The van der Waals surface area contributed by atoms with E-state index in [1.54, 1.807) is 0 Å². The zero-order valence-corrected chi connectivity index (χ0v) is 26.8. The summed E-state index contributed by atoms with van der Waals surface area (Å²) in [5.74, 6) is 1.41. The second-order valence-electron chi connectivity index (χ2n) is 6.97. The molecule has 30 heavy (non-hydrogen) atoms. The molecule has 0 N–H and O–H groups in total. The van der Waals surface area contributed by atoms with Gasteiger partial charge in [-0.05, 0) is 25.0 Å². The summed E-state index contributed by atoms with van der Waals surface area (Å²) >= 11 is 4.24. The van der Waals surface area contributed by atoms with Gasteiger partial charge in [0.2, 0.25) is 0 Å². The molecule has 0 spiro atoms. The third-order valence-corrected chi connectivity index (χ3v) is 4.74. The third kappa shape index (κ3) is 7.55. The van der Waals surface area contributed by atoms with E-state index in [0.29, 0.717) is 25.0 Å². The van der Waals surface area contributed by atoms with Crippen LogP contribution in [0.4, 0.5) is 0 Å². The maximum Gasteiger partial charge on any atom is 2.00 e. The minimum absolute atomic E-state index is 0. The summed E-state index contributed by atoms with van der Waals surface area (Å²) in [5, 5.41) is 0. The number of benzene rings is 2. The fourth-order valence-electron chi connectivity index (χ4n) is 3.21. The quantitative estimate of drug-likeness (QED) is 0.315. The number of hydrogen-bond donors (Lipinski definition) is 0. The molecule has 9 heteroatoms. The molecule has 2 atom stereocenters. The Bertz CT molecular complexity index is 753. The van der Waals surface area contributed by atoms with Crippen LogP contribution in [-0.2, 0) is 9.47 Å². The van der Waals surface area contributed by atoms with Crippen LogP contribution >= 0.6 is 37.2 Å². The van der Waals surface area contributed by atoms with Gasteiger partial charge in [0.25, 0.3) is 0 Å². The fourth-order valence-corrected chi connectivity index (χ4v) is 3.21. The topological polar surface area (TPSA) is 43.2 Å². The number of aliphatic imine (C=N–C) groups is 2. The molecule has 0 unspecified atom stereocenters. The maximum atomic E-state index is 5.93. The van der Waals surface area contributed by atoms with Crippen LogP contribution < -0.4 is 48.0 Å². The van der Waals surface area contributed by atoms with E-state index in [2.05, 4.69) is 75.3 Å². The number of rotatable bonds is 4. The molecule has 0 bridgehead atoms. The smallest absolute Gasteiger partial charge is 1.00 e. The first-order chi connectivity index (χ1) is 13.1. The summed E-state index contributed by atoms with van der Waals surface area (Å²) in [7, 11) is 0. The van der Waals surface area contributed by atoms with Gasteiger partial charge in [-0.1, -0.05) is 60.7 Å². The van der Waals surface area contributed by atoms with Crippen molar-refractivity contribution in [2.45, 2.75) is 25.9 Å². The average Bonchev–Trinajstić information content (AvgIpc) is 3.42. The van der Waals surface area contributed by atoms with Crippen molar-refractivity contribution in [2.75, 3.05) is 13.2 Å². The predicted octanol–water partition coefficient (Wildman–Crippen LogP) is -0.249. The first-order valence-corrected chi connectivity index (χ1v) is 15.1. The number of hydrogen-bond acceptors (Lipinski definition) is 4. The van der Waals surface area contributed by atoms with Crippen LogP contribution in [0.5, 0.6) is 0 Å². The van der Waals surface area contributed by atoms with Gasteiger partial charge in [-0.25, -0.2) is 9.98 Å². The Morgan fingerprint density at radius 2 is 1.07 bits per heavy atom. The first kappa shape index (κ1) is 31.1. The van der Waals surface area contributed by atoms with Gasteiger partial charge in [0.15, 0.2) is 11.8 Å². The van der Waals surface area contributed by atoms with Crippen LogP contribution in [0.15, 0.2) is 70.6 Å². The van der Waals surface area contributed by atoms with Crippen molar-refractivity contribution in [3.05, 3.63) is 71.8 Å². The molecule has 0 saturated heterocycles. The van der Waals surface area contributed by atoms with Crippen molar-refractivity contribution in [1.82, 2.24) is 0 Å². The van der Waals surface area contributed by atoms with Gasteiger partial charge >= 0.3 is 23.1 Å². The molecule has 158 valence electrons. The van der Waals surface area contributed by atoms with E-state index >= 15 is 0 Å². The van der Waals surface area contributed by atoms with E-state index in [1.165, 1.54) is 11.1 Å². The monoisotopic (exact) mass is 866 g/mol. The fraction of sp³-hybridized carbons (Fsp3) is 0.333. The Balaban J connectivity index is 0.00000163. The average molecular weight is 866 g/mol. The van der Waals surface area contributed by atoms with Crippen LogP contribution in [0.3, 0.4) is 0 Å². The van der Waals surface area contributed by atoms with Gasteiger partial charge in [-0.15, -0.1) is 0 Å². The van der Waals surface area contributed by atoms with E-state index in [0.717, 1.165) is 0 Å². The Morgan fingerprint density at radius 3 is 1.40 bits per heavy atom. The number of ether oxygens (including phenoxy) is 2. The number of nitrogens with zero attached hydrogens (tertiary/aromatic N) is 2. The van der Waals surface area contributed by atoms with Crippen molar-refractivity contribution in [3.8, 4) is 0 Å². The Morgan fingerprint density at radius 1 is 0.733 bits per heavy atom. The first-order valence-electron chi connectivity index (χ1n) is 8.81. The van der Waals surface area contributed by atoms with E-state index in [4.69, 9.17) is 19.5 Å². The minimum Gasteiger partial charge on any atom is -1.00 e. The van der Waals surface area contributed by atoms with Gasteiger partial charge in [-0.3, -0.25) is 0 Å². The normalized spacial score (nSPS) is 19.2. The molecular formula is C21H22I4MgN2O2. The molecule has 4 nitrogen and oxygen atoms in total. The zero-order chi connectivity index (χ0) is 19.3. The molecule has 2 aliphatic rings. The summed E-state index contributed by atoms with van der Waals surface area (Å²) in [5.41, 5.74) is 1.88. The van der Waals surface area contributed by atoms with Gasteiger partial charge < -0.3 is 57.4 Å². The van der Waals surface area contributed by atoms with Crippen LogP contribution in [0.1, 0.15) is 37.1 Å². The Kier molecular flexibility index (Phi) is 15.6. The zero-order valence-electron chi connectivity index (χ0n) is 16.8. The summed E-state index contributed by atoms with van der Waals surface area (Å²) in [6.45, 7) is 5.26. The van der Waals surface area contributed by atoms with Gasteiger partial charge in [0, 0.05) is 37.2 Å². The third-order valence-electron chi connectivity index (χ3n) is 4.74. The second-order valence-corrected chi connectivity index (χ2v) is 6.97. The molecule has 4 rings (SSSR count). The number of halogens is 4. The summed E-state index contributed by atoms with van der Waals surface area (Å²) in [6, 6.07) is 20.6. The molecule has 2 aromatic carbocycles. The largest absolute Gasteiger partial charge is 2.00 e. The second kappa shape index (κ2) is 15.1. The predicted molar refractivity (Wildman–Crippen MR) is 133 cm³/mol. The van der Waals surface area contributed by atoms with Crippen molar-refractivity contribution in [2.24, 2.45) is 15.4 Å². The Labute approximate surface area is 252 Å². The van der Waals surface area contributed by atoms with Crippen LogP contribution in [-0.4, -0.2) is 48.1 Å². The molecule has 2 aliphatic heterocycles. The molecule has 0 saturated carbocycles. The molecule has 0 amide bonds. The molecule has 2 heterocycles. The van der Waals surface area contributed by atoms with Crippen LogP contribution in [0, 0.1) is 5.41 Å². The van der Waals surface area contributed by atoms with Gasteiger partial charge in [-0.2, -0.15) is 0 Å². The molecule has 0 radical (unpaired) electrons. The van der Waals surface area contributed by atoms with Crippen LogP contribution in [0.2, 0.25) is 0 Å². The molecule has 2 aromatic rings. The molecular weight excluding hydrogens is 844 g/mol. The molecule has 0 aliphatic carbocycles. The molecule has 0 fully saturated rings. The van der Waals surface area contributed by atoms with E-state index in [1.807, 2.05) is 36.4 Å². The Hall–Kier alpha value is 1.07. The maximum absolute atomic E-state index is 5.93. The van der Waals surface area contributed by atoms with Crippen molar-refractivity contribution < 1.29 is 57.4 Å². The van der Waals surface area contributed by atoms with Crippen molar-refractivity contribution in [3.63, 3.8) is 0 Å². The van der Waals surface area contributed by atoms with Crippen molar-refractivity contribution in [1.29, 1.82) is 0 Å². The summed E-state index contributed by atoms with van der Waals surface area (Å²) in [4.78, 5) is 9.61. The summed E-state index contributed by atoms with van der Waals surface area (Å²) < 4.78 is 11.9. The van der Waals surface area contributed by atoms with Crippen molar-refractivity contribution >= 4 is 72.1 Å². The summed E-state index contributed by atoms with van der Waals surface area (Å²) in [6.07, 6.45) is 0. The molecule has 0 aromatic heterocycles. The SMILES string of the molecule is CC(C)(C1=N[C@H](c2ccccc2)CO1)C1=N[C@H](c2ccccc2)CO1.II.[I-].[I-].[Mg+2]. The standard InChI is InChI=1S/C21H22N2O2.I2.2HI.Mg/c1-21(2,19-22-17(13-24-19)15-9-5-3-6-10-15)20-23-18(14-25-20)16-11-7-4-8-12-16;1-2;;;/h3-12,17-18H,13-14H2,1-2H3;;2*1H;/q;;;;+2/p-2/t17-,18-;;;;/m0..../s1. The van der Waals surface area contributed by atoms with E-state index < -0.39 is 5.41 Å². The van der Waals surface area contributed by atoms with Gasteiger partial charge in [0.1, 0.15) is 30.7 Å². The minimum atomic E-state index is -0.465. The van der Waals surface area contributed by atoms with Gasteiger partial charge in [0.05, 0.1) is 0 Å². The van der Waals surface area contributed by atoms with E-state index in [9.17, 15) is 0 Å². The van der Waals surface area contributed by atoms with Crippen LogP contribution in [0.25, 0.3) is 0 Å². The van der Waals surface area contributed by atoms with E-state index in [-0.39, 0.29) is 83.1 Å².